The maximum atomic E-state index is 12.5. The first-order valence-electron chi connectivity index (χ1n) is 4.08. The molecule has 2 heterocycles. The quantitative estimate of drug-likeness (QED) is 0.684. The third-order valence-corrected chi connectivity index (χ3v) is 1.69. The zero-order valence-electron chi connectivity index (χ0n) is 7.53. The molecular formula is C10H7FN3. The van der Waals surface area contributed by atoms with Crippen LogP contribution in [0.5, 0.6) is 0 Å². The van der Waals surface area contributed by atoms with Crippen molar-refractivity contribution in [2.24, 2.45) is 0 Å². The number of halogens is 1. The number of hydrogen-bond donors (Lipinski definition) is 0. The van der Waals surface area contributed by atoms with E-state index < -0.39 is 5.82 Å². The molecule has 0 saturated carbocycles. The van der Waals surface area contributed by atoms with Crippen LogP contribution in [0.4, 0.5) is 4.39 Å². The van der Waals surface area contributed by atoms with Crippen LogP contribution in [0.15, 0.2) is 24.7 Å². The fraction of sp³-hybridized carbons (Fsp3) is 0.100. The number of rotatable bonds is 1. The zero-order chi connectivity index (χ0) is 9.97. The molecule has 0 aromatic carbocycles. The van der Waals surface area contributed by atoms with Crippen LogP contribution in [-0.4, -0.2) is 15.0 Å². The van der Waals surface area contributed by atoms with Crippen LogP contribution in [0, 0.1) is 18.9 Å². The fourth-order valence-corrected chi connectivity index (χ4v) is 1.07. The summed E-state index contributed by atoms with van der Waals surface area (Å²) in [6.45, 7) is 1.91. The zero-order valence-corrected chi connectivity index (χ0v) is 7.53. The van der Waals surface area contributed by atoms with E-state index in [2.05, 4.69) is 21.1 Å². The molecule has 0 aliphatic carbocycles. The molecule has 2 rings (SSSR count). The Labute approximate surface area is 80.7 Å². The van der Waals surface area contributed by atoms with E-state index in [1.165, 1.54) is 0 Å². The van der Waals surface area contributed by atoms with Crippen LogP contribution < -0.4 is 0 Å². The molecule has 3 nitrogen and oxygen atoms in total. The van der Waals surface area contributed by atoms with Gasteiger partial charge in [-0.1, -0.05) is 0 Å². The van der Waals surface area contributed by atoms with E-state index in [9.17, 15) is 4.39 Å². The molecule has 0 spiro atoms. The van der Waals surface area contributed by atoms with Gasteiger partial charge in [0.1, 0.15) is 6.20 Å². The number of pyridine rings is 1. The first kappa shape index (κ1) is 8.74. The molecule has 0 atom stereocenters. The summed E-state index contributed by atoms with van der Waals surface area (Å²) in [4.78, 5) is 11.5. The predicted molar refractivity (Wildman–Crippen MR) is 48.8 cm³/mol. The van der Waals surface area contributed by atoms with Gasteiger partial charge in [0.25, 0.3) is 0 Å². The van der Waals surface area contributed by atoms with Crippen molar-refractivity contribution in [1.29, 1.82) is 0 Å². The Morgan fingerprint density at radius 3 is 2.57 bits per heavy atom. The lowest BCUT2D eigenvalue weighted by molar-refractivity contribution is 0.614. The predicted octanol–water partition coefficient (Wildman–Crippen LogP) is 1.79. The normalized spacial score (nSPS) is 10.1. The van der Waals surface area contributed by atoms with Crippen molar-refractivity contribution in [2.75, 3.05) is 0 Å². The lowest BCUT2D eigenvalue weighted by Crippen LogP contribution is -1.91. The molecule has 1 radical (unpaired) electrons. The van der Waals surface area contributed by atoms with Crippen LogP contribution >= 0.6 is 0 Å². The van der Waals surface area contributed by atoms with E-state index in [1.54, 1.807) is 6.20 Å². The SMILES string of the molecule is Cc1cn[c]c(-c2ncc(F)cn2)c1. The Morgan fingerprint density at radius 2 is 1.93 bits per heavy atom. The third-order valence-electron chi connectivity index (χ3n) is 1.69. The van der Waals surface area contributed by atoms with Gasteiger partial charge in [-0.05, 0) is 18.6 Å². The molecule has 0 unspecified atom stereocenters. The summed E-state index contributed by atoms with van der Waals surface area (Å²) in [5.41, 5.74) is 1.66. The third kappa shape index (κ3) is 1.74. The summed E-state index contributed by atoms with van der Waals surface area (Å²) in [5.74, 6) is -0.0167. The van der Waals surface area contributed by atoms with Crippen molar-refractivity contribution in [3.8, 4) is 11.4 Å². The highest BCUT2D eigenvalue weighted by Crippen LogP contribution is 2.12. The Hall–Kier alpha value is -1.84. The Balaban J connectivity index is 2.44. The number of aryl methyl sites for hydroxylation is 1. The van der Waals surface area contributed by atoms with Gasteiger partial charge in [-0.3, -0.25) is 4.98 Å². The summed E-state index contributed by atoms with van der Waals surface area (Å²) in [5, 5.41) is 0. The summed E-state index contributed by atoms with van der Waals surface area (Å²) in [6.07, 6.45) is 6.68. The van der Waals surface area contributed by atoms with Gasteiger partial charge in [-0.2, -0.15) is 0 Å². The smallest absolute Gasteiger partial charge is 0.161 e. The van der Waals surface area contributed by atoms with Gasteiger partial charge in [0, 0.05) is 11.8 Å². The molecule has 14 heavy (non-hydrogen) atoms. The van der Waals surface area contributed by atoms with Crippen LogP contribution in [0.3, 0.4) is 0 Å². The van der Waals surface area contributed by atoms with Crippen molar-refractivity contribution in [1.82, 2.24) is 15.0 Å². The molecule has 2 aromatic rings. The van der Waals surface area contributed by atoms with Crippen molar-refractivity contribution in [3.05, 3.63) is 42.2 Å². The van der Waals surface area contributed by atoms with Crippen molar-refractivity contribution in [3.63, 3.8) is 0 Å². The van der Waals surface area contributed by atoms with Gasteiger partial charge in [0.15, 0.2) is 11.6 Å². The number of nitrogens with zero attached hydrogens (tertiary/aromatic N) is 3. The number of aromatic nitrogens is 3. The lowest BCUT2D eigenvalue weighted by Gasteiger charge is -1.98. The van der Waals surface area contributed by atoms with E-state index >= 15 is 0 Å². The summed E-state index contributed by atoms with van der Waals surface area (Å²) in [7, 11) is 0. The minimum atomic E-state index is -0.450. The molecule has 0 fully saturated rings. The molecule has 0 aliphatic rings. The van der Waals surface area contributed by atoms with E-state index in [0.29, 0.717) is 11.4 Å². The maximum Gasteiger partial charge on any atom is 0.161 e. The minimum absolute atomic E-state index is 0.433. The van der Waals surface area contributed by atoms with E-state index in [4.69, 9.17) is 0 Å². The molecule has 0 amide bonds. The monoisotopic (exact) mass is 188 g/mol. The first-order chi connectivity index (χ1) is 6.75. The summed E-state index contributed by atoms with van der Waals surface area (Å²) < 4.78 is 12.5. The topological polar surface area (TPSA) is 38.7 Å². The molecule has 2 aromatic heterocycles. The Kier molecular flexibility index (Phi) is 2.18. The maximum absolute atomic E-state index is 12.5. The second-order valence-corrected chi connectivity index (χ2v) is 2.90. The molecule has 69 valence electrons. The van der Waals surface area contributed by atoms with Gasteiger partial charge < -0.3 is 0 Å². The second kappa shape index (κ2) is 3.49. The molecular weight excluding hydrogens is 181 g/mol. The van der Waals surface area contributed by atoms with Crippen LogP contribution in [-0.2, 0) is 0 Å². The molecule has 4 heteroatoms. The van der Waals surface area contributed by atoms with Crippen molar-refractivity contribution >= 4 is 0 Å². The highest BCUT2D eigenvalue weighted by Gasteiger charge is 2.01. The largest absolute Gasteiger partial charge is 0.254 e. The van der Waals surface area contributed by atoms with Crippen molar-refractivity contribution in [2.45, 2.75) is 6.92 Å². The van der Waals surface area contributed by atoms with Gasteiger partial charge in [-0.25, -0.2) is 14.4 Å². The van der Waals surface area contributed by atoms with Gasteiger partial charge in [0.05, 0.1) is 12.4 Å². The number of hydrogen-bond acceptors (Lipinski definition) is 3. The van der Waals surface area contributed by atoms with Crippen LogP contribution in [0.1, 0.15) is 5.56 Å². The summed E-state index contributed by atoms with van der Waals surface area (Å²) in [6, 6.07) is 1.85. The molecule has 0 bridgehead atoms. The fourth-order valence-electron chi connectivity index (χ4n) is 1.07. The molecule has 0 aliphatic heterocycles. The minimum Gasteiger partial charge on any atom is -0.254 e. The molecule has 0 saturated heterocycles. The lowest BCUT2D eigenvalue weighted by atomic mass is 10.2. The Morgan fingerprint density at radius 1 is 1.21 bits per heavy atom. The average Bonchev–Trinajstić information content (AvgIpc) is 2.19. The van der Waals surface area contributed by atoms with Gasteiger partial charge in [-0.15, -0.1) is 0 Å². The standard InChI is InChI=1S/C10H7FN3/c1-7-2-8(4-12-3-7)10-13-5-9(11)6-14-10/h2-3,5-6H,1H3. The van der Waals surface area contributed by atoms with Crippen molar-refractivity contribution < 1.29 is 4.39 Å². The average molecular weight is 188 g/mol. The van der Waals surface area contributed by atoms with Gasteiger partial charge >= 0.3 is 0 Å². The van der Waals surface area contributed by atoms with E-state index in [1.807, 2.05) is 13.0 Å². The highest BCUT2D eigenvalue weighted by atomic mass is 19.1. The highest BCUT2D eigenvalue weighted by molar-refractivity contribution is 5.52. The van der Waals surface area contributed by atoms with Crippen LogP contribution in [0.2, 0.25) is 0 Å². The first-order valence-corrected chi connectivity index (χ1v) is 4.08. The van der Waals surface area contributed by atoms with E-state index in [0.717, 1.165) is 18.0 Å². The van der Waals surface area contributed by atoms with E-state index in [-0.39, 0.29) is 0 Å². The molecule has 0 N–H and O–H groups in total. The second-order valence-electron chi connectivity index (χ2n) is 2.90. The van der Waals surface area contributed by atoms with Crippen LogP contribution in [0.25, 0.3) is 11.4 Å². The Bertz CT molecular complexity index is 439. The van der Waals surface area contributed by atoms with Gasteiger partial charge in [0.2, 0.25) is 0 Å². The summed E-state index contributed by atoms with van der Waals surface area (Å²) >= 11 is 0.